The van der Waals surface area contributed by atoms with Crippen molar-refractivity contribution in [3.05, 3.63) is 57.5 Å². The van der Waals surface area contributed by atoms with E-state index in [2.05, 4.69) is 0 Å². The van der Waals surface area contributed by atoms with Crippen LogP contribution in [0, 0.1) is 10.1 Å². The van der Waals surface area contributed by atoms with Crippen LogP contribution >= 0.6 is 11.3 Å². The summed E-state index contributed by atoms with van der Waals surface area (Å²) in [6, 6.07) is 8.92. The average Bonchev–Trinajstić information content (AvgIpc) is 2.97. The van der Waals surface area contributed by atoms with Crippen LogP contribution in [0.3, 0.4) is 0 Å². The maximum absolute atomic E-state index is 11.9. The molecule has 0 aliphatic rings. The van der Waals surface area contributed by atoms with E-state index in [1.54, 1.807) is 18.2 Å². The van der Waals surface area contributed by atoms with Gasteiger partial charge in [-0.15, -0.1) is 16.2 Å². The molecule has 1 amide bonds. The fourth-order valence-corrected chi connectivity index (χ4v) is 3.33. The minimum atomic E-state index is -4.04. The molecule has 8 nitrogen and oxygen atoms in total. The Hall–Kier alpha value is -2.30. The number of carbonyl (C=O) groups is 1. The Bertz CT molecular complexity index is 770. The Morgan fingerprint density at radius 1 is 1.24 bits per heavy atom. The number of rotatable bonds is 5. The molecule has 1 aromatic heterocycles. The Morgan fingerprint density at radius 2 is 1.90 bits per heavy atom. The maximum atomic E-state index is 11.9. The number of benzene rings is 1. The van der Waals surface area contributed by atoms with Crippen molar-refractivity contribution in [1.29, 1.82) is 0 Å². The third-order valence-corrected chi connectivity index (χ3v) is 5.05. The molecule has 0 unspecified atom stereocenters. The molecule has 0 aliphatic heterocycles. The SMILES string of the molecule is O=C(NNS(=O)(=O)c1cc([N+](=O)[O-])cs1)c1ccccc1. The molecule has 0 atom stereocenters. The van der Waals surface area contributed by atoms with Crippen LogP contribution in [-0.4, -0.2) is 19.2 Å². The molecule has 0 fully saturated rings. The number of hydrogen-bond acceptors (Lipinski definition) is 6. The molecular formula is C11H9N3O5S2. The van der Waals surface area contributed by atoms with Gasteiger partial charge in [0, 0.05) is 11.6 Å². The molecule has 2 N–H and O–H groups in total. The number of nitro groups is 1. The van der Waals surface area contributed by atoms with Crippen molar-refractivity contribution >= 4 is 33.0 Å². The second kappa shape index (κ2) is 5.99. The van der Waals surface area contributed by atoms with Gasteiger partial charge in [0.25, 0.3) is 21.6 Å². The van der Waals surface area contributed by atoms with Crippen LogP contribution in [-0.2, 0) is 10.0 Å². The fraction of sp³-hybridized carbons (Fsp3) is 0. The molecule has 110 valence electrons. The van der Waals surface area contributed by atoms with E-state index < -0.39 is 20.9 Å². The number of nitrogens with one attached hydrogen (secondary N) is 2. The Kier molecular flexibility index (Phi) is 4.31. The fourth-order valence-electron chi connectivity index (χ4n) is 1.37. The van der Waals surface area contributed by atoms with Crippen LogP contribution in [0.1, 0.15) is 10.4 Å². The molecular weight excluding hydrogens is 318 g/mol. The normalized spacial score (nSPS) is 11.0. The zero-order chi connectivity index (χ0) is 15.5. The third kappa shape index (κ3) is 3.62. The van der Waals surface area contributed by atoms with E-state index in [4.69, 9.17) is 0 Å². The lowest BCUT2D eigenvalue weighted by molar-refractivity contribution is -0.384. The van der Waals surface area contributed by atoms with E-state index in [-0.39, 0.29) is 15.5 Å². The minimum Gasteiger partial charge on any atom is -0.273 e. The van der Waals surface area contributed by atoms with Crippen LogP contribution < -0.4 is 10.3 Å². The second-order valence-electron chi connectivity index (χ2n) is 3.81. The highest BCUT2D eigenvalue weighted by Gasteiger charge is 2.21. The van der Waals surface area contributed by atoms with Gasteiger partial charge in [0.1, 0.15) is 4.21 Å². The Balaban J connectivity index is 2.07. The van der Waals surface area contributed by atoms with E-state index in [0.29, 0.717) is 11.3 Å². The lowest BCUT2D eigenvalue weighted by Crippen LogP contribution is -2.41. The van der Waals surface area contributed by atoms with Crippen molar-refractivity contribution in [1.82, 2.24) is 10.3 Å². The van der Waals surface area contributed by atoms with Gasteiger partial charge in [0.2, 0.25) is 0 Å². The molecule has 2 rings (SSSR count). The van der Waals surface area contributed by atoms with Gasteiger partial charge in [-0.05, 0) is 12.1 Å². The predicted octanol–water partition coefficient (Wildman–Crippen LogP) is 1.28. The number of carbonyl (C=O) groups excluding carboxylic acids is 1. The van der Waals surface area contributed by atoms with Crippen LogP contribution in [0.25, 0.3) is 0 Å². The smallest absolute Gasteiger partial charge is 0.273 e. The van der Waals surface area contributed by atoms with Crippen LogP contribution in [0.15, 0.2) is 46.0 Å². The van der Waals surface area contributed by atoms with Crippen molar-refractivity contribution in [3.63, 3.8) is 0 Å². The Labute approximate surface area is 123 Å². The summed E-state index contributed by atoms with van der Waals surface area (Å²) in [6.45, 7) is 0. The van der Waals surface area contributed by atoms with Crippen molar-refractivity contribution in [2.45, 2.75) is 4.21 Å². The number of hydrogen-bond donors (Lipinski definition) is 2. The van der Waals surface area contributed by atoms with E-state index in [9.17, 15) is 23.3 Å². The summed E-state index contributed by atoms with van der Waals surface area (Å²) in [6.07, 6.45) is 0. The van der Waals surface area contributed by atoms with E-state index >= 15 is 0 Å². The van der Waals surface area contributed by atoms with E-state index in [1.807, 2.05) is 10.3 Å². The maximum Gasteiger partial charge on any atom is 0.281 e. The predicted molar refractivity (Wildman–Crippen MR) is 75.2 cm³/mol. The van der Waals surface area contributed by atoms with Crippen molar-refractivity contribution < 1.29 is 18.1 Å². The molecule has 0 radical (unpaired) electrons. The van der Waals surface area contributed by atoms with Gasteiger partial charge >= 0.3 is 0 Å². The largest absolute Gasteiger partial charge is 0.281 e. The summed E-state index contributed by atoms with van der Waals surface area (Å²) >= 11 is 0.689. The summed E-state index contributed by atoms with van der Waals surface area (Å²) in [7, 11) is -4.04. The lowest BCUT2D eigenvalue weighted by atomic mass is 10.2. The van der Waals surface area contributed by atoms with Crippen LogP contribution in [0.2, 0.25) is 0 Å². The zero-order valence-corrected chi connectivity index (χ0v) is 12.0. The molecule has 0 aliphatic carbocycles. The number of sulfonamides is 1. The Morgan fingerprint density at radius 3 is 2.48 bits per heavy atom. The van der Waals surface area contributed by atoms with Crippen molar-refractivity contribution in [3.8, 4) is 0 Å². The van der Waals surface area contributed by atoms with Gasteiger partial charge in [0.05, 0.1) is 10.3 Å². The molecule has 0 saturated heterocycles. The van der Waals surface area contributed by atoms with Crippen LogP contribution in [0.4, 0.5) is 5.69 Å². The van der Waals surface area contributed by atoms with Gasteiger partial charge in [0.15, 0.2) is 0 Å². The first kappa shape index (κ1) is 15.1. The standard InChI is InChI=1S/C11H9N3O5S2/c15-11(8-4-2-1-3-5-8)12-13-21(18,19)10-6-9(7-20-10)14(16)17/h1-7,13H,(H,12,15). The highest BCUT2D eigenvalue weighted by molar-refractivity contribution is 7.91. The summed E-state index contributed by atoms with van der Waals surface area (Å²) in [5.41, 5.74) is 1.99. The van der Waals surface area contributed by atoms with E-state index in [0.717, 1.165) is 11.4 Å². The molecule has 2 aromatic rings. The van der Waals surface area contributed by atoms with Crippen molar-refractivity contribution in [2.24, 2.45) is 0 Å². The summed E-state index contributed by atoms with van der Waals surface area (Å²) in [4.78, 5) is 23.4. The quantitative estimate of drug-likeness (QED) is 0.633. The topological polar surface area (TPSA) is 118 Å². The lowest BCUT2D eigenvalue weighted by Gasteiger charge is -2.06. The number of nitrogens with zero attached hydrogens (tertiary/aromatic N) is 1. The highest BCUT2D eigenvalue weighted by Crippen LogP contribution is 2.24. The molecule has 0 spiro atoms. The number of amides is 1. The average molecular weight is 327 g/mol. The molecule has 1 heterocycles. The van der Waals surface area contributed by atoms with Gasteiger partial charge in [-0.25, -0.2) is 8.42 Å². The van der Waals surface area contributed by atoms with Gasteiger partial charge in [-0.2, -0.15) is 0 Å². The molecule has 0 saturated carbocycles. The van der Waals surface area contributed by atoms with E-state index in [1.165, 1.54) is 12.1 Å². The molecule has 1 aromatic carbocycles. The summed E-state index contributed by atoms with van der Waals surface area (Å²) in [5, 5.41) is 11.6. The molecule has 0 bridgehead atoms. The first-order valence-electron chi connectivity index (χ1n) is 5.50. The second-order valence-corrected chi connectivity index (χ2v) is 6.63. The minimum absolute atomic E-state index is 0.262. The van der Waals surface area contributed by atoms with Crippen LogP contribution in [0.5, 0.6) is 0 Å². The van der Waals surface area contributed by atoms with Gasteiger partial charge < -0.3 is 0 Å². The first-order valence-corrected chi connectivity index (χ1v) is 7.86. The first-order chi connectivity index (χ1) is 9.90. The highest BCUT2D eigenvalue weighted by atomic mass is 32.2. The number of hydrazine groups is 1. The molecule has 10 heteroatoms. The van der Waals surface area contributed by atoms with Gasteiger partial charge in [-0.3, -0.25) is 20.3 Å². The number of thiophene rings is 1. The summed E-state index contributed by atoms with van der Waals surface area (Å²) in [5.74, 6) is -0.634. The zero-order valence-electron chi connectivity index (χ0n) is 10.3. The van der Waals surface area contributed by atoms with Crippen molar-refractivity contribution in [2.75, 3.05) is 0 Å². The summed E-state index contributed by atoms with van der Waals surface area (Å²) < 4.78 is 23.5. The van der Waals surface area contributed by atoms with Gasteiger partial charge in [-0.1, -0.05) is 18.2 Å². The molecule has 21 heavy (non-hydrogen) atoms. The monoisotopic (exact) mass is 327 g/mol. The third-order valence-electron chi connectivity index (χ3n) is 2.37.